The van der Waals surface area contributed by atoms with Crippen molar-refractivity contribution in [2.75, 3.05) is 14.1 Å². The Kier molecular flexibility index (Phi) is 7.06. The molecule has 0 aliphatic heterocycles. The Hall–Kier alpha value is -0.820. The maximum Gasteiger partial charge on any atom is 0.0339 e. The third-order valence-corrected chi connectivity index (χ3v) is 2.47. The molecule has 15 heavy (non-hydrogen) atoms. The fourth-order valence-corrected chi connectivity index (χ4v) is 1.69. The number of rotatable bonds is 3. The summed E-state index contributed by atoms with van der Waals surface area (Å²) in [5.74, 6) is 0. The van der Waals surface area contributed by atoms with Crippen LogP contribution in [0, 0.1) is 6.92 Å². The Bertz CT molecular complexity index is 249. The van der Waals surface area contributed by atoms with E-state index < -0.39 is 0 Å². The third-order valence-electron chi connectivity index (χ3n) is 2.47. The molecule has 0 fully saturated rings. The van der Waals surface area contributed by atoms with Crippen LogP contribution in [0.2, 0.25) is 0 Å². The lowest BCUT2D eigenvalue weighted by atomic mass is 10.0. The van der Waals surface area contributed by atoms with Crippen LogP contribution in [-0.2, 0) is 0 Å². The molecule has 0 aliphatic rings. The van der Waals surface area contributed by atoms with Gasteiger partial charge in [-0.1, -0.05) is 50.6 Å². The zero-order valence-corrected chi connectivity index (χ0v) is 11.0. The topological polar surface area (TPSA) is 3.24 Å². The summed E-state index contributed by atoms with van der Waals surface area (Å²) in [5.41, 5.74) is 2.75. The summed E-state index contributed by atoms with van der Waals surface area (Å²) < 4.78 is 0. The van der Waals surface area contributed by atoms with Crippen LogP contribution in [0.4, 0.5) is 0 Å². The zero-order valence-electron chi connectivity index (χ0n) is 11.0. The summed E-state index contributed by atoms with van der Waals surface area (Å²) in [6, 6.07) is 9.37. The van der Waals surface area contributed by atoms with Crippen LogP contribution in [0.15, 0.2) is 24.3 Å². The number of aryl methyl sites for hydroxylation is 1. The van der Waals surface area contributed by atoms with Crippen molar-refractivity contribution in [3.05, 3.63) is 35.4 Å². The summed E-state index contributed by atoms with van der Waals surface area (Å²) in [4.78, 5) is 2.27. The average molecular weight is 207 g/mol. The third kappa shape index (κ3) is 4.48. The van der Waals surface area contributed by atoms with Crippen molar-refractivity contribution in [1.29, 1.82) is 0 Å². The predicted octanol–water partition coefficient (Wildman–Crippen LogP) is 4.03. The molecule has 1 aromatic rings. The van der Waals surface area contributed by atoms with Gasteiger partial charge in [-0.05, 0) is 33.0 Å². The summed E-state index contributed by atoms with van der Waals surface area (Å²) in [6.45, 7) is 8.35. The van der Waals surface area contributed by atoms with E-state index in [1.165, 1.54) is 11.1 Å². The smallest absolute Gasteiger partial charge is 0.0339 e. The monoisotopic (exact) mass is 207 g/mol. The van der Waals surface area contributed by atoms with Crippen LogP contribution < -0.4 is 0 Å². The van der Waals surface area contributed by atoms with E-state index in [-0.39, 0.29) is 0 Å². The van der Waals surface area contributed by atoms with E-state index in [0.717, 1.165) is 6.42 Å². The van der Waals surface area contributed by atoms with Crippen LogP contribution in [-0.4, -0.2) is 19.0 Å². The second-order valence-corrected chi connectivity index (χ2v) is 3.80. The van der Waals surface area contributed by atoms with Crippen molar-refractivity contribution in [2.45, 2.75) is 40.2 Å². The number of nitrogens with zero attached hydrogens (tertiary/aromatic N) is 1. The molecule has 0 bridgehead atoms. The maximum absolute atomic E-state index is 2.27. The van der Waals surface area contributed by atoms with Crippen molar-refractivity contribution in [3.63, 3.8) is 0 Å². The van der Waals surface area contributed by atoms with Gasteiger partial charge in [0.15, 0.2) is 0 Å². The molecule has 0 saturated heterocycles. The van der Waals surface area contributed by atoms with Gasteiger partial charge in [-0.3, -0.25) is 0 Å². The lowest BCUT2D eigenvalue weighted by Crippen LogP contribution is -2.18. The first kappa shape index (κ1) is 14.2. The molecule has 0 amide bonds. The lowest BCUT2D eigenvalue weighted by molar-refractivity contribution is 0.292. The van der Waals surface area contributed by atoms with E-state index in [4.69, 9.17) is 0 Å². The van der Waals surface area contributed by atoms with Crippen LogP contribution >= 0.6 is 0 Å². The van der Waals surface area contributed by atoms with Crippen molar-refractivity contribution in [2.24, 2.45) is 0 Å². The Morgan fingerprint density at radius 2 is 1.53 bits per heavy atom. The highest BCUT2D eigenvalue weighted by molar-refractivity contribution is 5.23. The van der Waals surface area contributed by atoms with E-state index >= 15 is 0 Å². The van der Waals surface area contributed by atoms with Gasteiger partial charge in [0.2, 0.25) is 0 Å². The summed E-state index contributed by atoms with van der Waals surface area (Å²) in [5, 5.41) is 0. The van der Waals surface area contributed by atoms with Gasteiger partial charge in [0, 0.05) is 6.04 Å². The number of hydrogen-bond donors (Lipinski definition) is 0. The highest BCUT2D eigenvalue weighted by Gasteiger charge is 2.10. The Morgan fingerprint density at radius 1 is 1.07 bits per heavy atom. The molecule has 1 heteroatoms. The van der Waals surface area contributed by atoms with Crippen molar-refractivity contribution >= 4 is 0 Å². The Balaban J connectivity index is 0.000000921. The minimum absolute atomic E-state index is 0.556. The molecule has 1 atom stereocenters. The van der Waals surface area contributed by atoms with E-state index in [2.05, 4.69) is 57.1 Å². The van der Waals surface area contributed by atoms with E-state index in [1.807, 2.05) is 13.8 Å². The quantitative estimate of drug-likeness (QED) is 0.723. The van der Waals surface area contributed by atoms with Crippen LogP contribution in [0.5, 0.6) is 0 Å². The SMILES string of the molecule is CC.CCC(c1ccc(C)cc1)N(C)C. The van der Waals surface area contributed by atoms with Gasteiger partial charge in [-0.15, -0.1) is 0 Å². The molecule has 1 rings (SSSR count). The molecule has 0 radical (unpaired) electrons. The first-order valence-corrected chi connectivity index (χ1v) is 5.88. The number of hydrogen-bond acceptors (Lipinski definition) is 1. The highest BCUT2D eigenvalue weighted by atomic mass is 15.1. The summed E-state index contributed by atoms with van der Waals surface area (Å²) in [6.07, 6.45) is 1.16. The molecule has 0 aromatic heterocycles. The van der Waals surface area contributed by atoms with Crippen LogP contribution in [0.25, 0.3) is 0 Å². The second kappa shape index (κ2) is 7.47. The van der Waals surface area contributed by atoms with Gasteiger partial charge in [0.25, 0.3) is 0 Å². The highest BCUT2D eigenvalue weighted by Crippen LogP contribution is 2.21. The predicted molar refractivity (Wildman–Crippen MR) is 69.2 cm³/mol. The minimum Gasteiger partial charge on any atom is -0.302 e. The van der Waals surface area contributed by atoms with Gasteiger partial charge >= 0.3 is 0 Å². The molecule has 1 nitrogen and oxygen atoms in total. The maximum atomic E-state index is 2.27. The molecule has 0 saturated carbocycles. The van der Waals surface area contributed by atoms with Crippen molar-refractivity contribution in [3.8, 4) is 0 Å². The molecule has 86 valence electrons. The largest absolute Gasteiger partial charge is 0.302 e. The first-order chi connectivity index (χ1) is 7.15. The normalized spacial score (nSPS) is 11.9. The van der Waals surface area contributed by atoms with Gasteiger partial charge in [-0.25, -0.2) is 0 Å². The molecule has 0 aliphatic carbocycles. The van der Waals surface area contributed by atoms with Gasteiger partial charge < -0.3 is 4.90 Å². The molecule has 0 spiro atoms. The standard InChI is InChI=1S/C12H19N.C2H6/c1-5-12(13(3)4)11-8-6-10(2)7-9-11;1-2/h6-9,12H,5H2,1-4H3;1-2H3. The van der Waals surface area contributed by atoms with Crippen molar-refractivity contribution in [1.82, 2.24) is 4.90 Å². The van der Waals surface area contributed by atoms with Gasteiger partial charge in [0.1, 0.15) is 0 Å². The minimum atomic E-state index is 0.556. The molecule has 0 N–H and O–H groups in total. The lowest BCUT2D eigenvalue weighted by Gasteiger charge is -2.23. The van der Waals surface area contributed by atoms with Crippen LogP contribution in [0.3, 0.4) is 0 Å². The van der Waals surface area contributed by atoms with Crippen molar-refractivity contribution < 1.29 is 0 Å². The van der Waals surface area contributed by atoms with E-state index in [0.29, 0.717) is 6.04 Å². The molecule has 0 heterocycles. The average Bonchev–Trinajstić information content (AvgIpc) is 2.24. The Labute approximate surface area is 95.1 Å². The molecular formula is C14H25N. The fourth-order valence-electron chi connectivity index (χ4n) is 1.69. The zero-order chi connectivity index (χ0) is 11.8. The summed E-state index contributed by atoms with van der Waals surface area (Å²) >= 11 is 0. The van der Waals surface area contributed by atoms with E-state index in [1.54, 1.807) is 0 Å². The Morgan fingerprint density at radius 3 is 1.87 bits per heavy atom. The summed E-state index contributed by atoms with van der Waals surface area (Å²) in [7, 11) is 4.27. The molecular weight excluding hydrogens is 182 g/mol. The van der Waals surface area contributed by atoms with E-state index in [9.17, 15) is 0 Å². The molecule has 1 unspecified atom stereocenters. The fraction of sp³-hybridized carbons (Fsp3) is 0.571. The van der Waals surface area contributed by atoms with Gasteiger partial charge in [-0.2, -0.15) is 0 Å². The van der Waals surface area contributed by atoms with Gasteiger partial charge in [0.05, 0.1) is 0 Å². The second-order valence-electron chi connectivity index (χ2n) is 3.80. The van der Waals surface area contributed by atoms with Crippen LogP contribution in [0.1, 0.15) is 44.4 Å². The first-order valence-electron chi connectivity index (χ1n) is 5.88. The molecule has 1 aromatic carbocycles. The number of benzene rings is 1.